The van der Waals surface area contributed by atoms with E-state index in [-0.39, 0.29) is 12.6 Å². The van der Waals surface area contributed by atoms with Crippen LogP contribution in [0.25, 0.3) is 0 Å². The van der Waals surface area contributed by atoms with Crippen molar-refractivity contribution in [1.29, 1.82) is 0 Å². The monoisotopic (exact) mass is 337 g/mol. The normalized spacial score (nSPS) is 12.3. The van der Waals surface area contributed by atoms with Crippen LogP contribution < -0.4 is 5.32 Å². The third-order valence-electron chi connectivity index (χ3n) is 2.74. The van der Waals surface area contributed by atoms with Crippen molar-refractivity contribution in [2.75, 3.05) is 5.32 Å². The Hall–Kier alpha value is -2.52. The number of rotatable bonds is 3. The average Bonchev–Trinajstić information content (AvgIpc) is 2.88. The molecule has 0 aliphatic carbocycles. The second kappa shape index (κ2) is 5.94. The van der Waals surface area contributed by atoms with Crippen LogP contribution in [-0.4, -0.2) is 15.7 Å². The maximum Gasteiger partial charge on any atom is 0.416 e. The summed E-state index contributed by atoms with van der Waals surface area (Å²) in [6.07, 6.45) is -7.14. The highest BCUT2D eigenvalue weighted by Gasteiger charge is 2.37. The molecular formula is C13H9F6N3O. The molecule has 0 aliphatic rings. The number of hydrogen-bond acceptors (Lipinski definition) is 2. The molecule has 0 bridgehead atoms. The van der Waals surface area contributed by atoms with E-state index in [2.05, 4.69) is 5.10 Å². The lowest BCUT2D eigenvalue weighted by molar-refractivity contribution is -0.143. The van der Waals surface area contributed by atoms with E-state index in [1.807, 2.05) is 5.32 Å². The van der Waals surface area contributed by atoms with E-state index in [1.165, 1.54) is 23.1 Å². The Morgan fingerprint density at radius 3 is 2.04 bits per heavy atom. The van der Waals surface area contributed by atoms with Crippen LogP contribution in [0.5, 0.6) is 0 Å². The summed E-state index contributed by atoms with van der Waals surface area (Å²) in [4.78, 5) is 11.7. The van der Waals surface area contributed by atoms with Crippen LogP contribution in [0.1, 0.15) is 11.1 Å². The van der Waals surface area contributed by atoms with Gasteiger partial charge in [0.2, 0.25) is 5.91 Å². The van der Waals surface area contributed by atoms with Gasteiger partial charge in [-0.1, -0.05) is 0 Å². The summed E-state index contributed by atoms with van der Waals surface area (Å²) in [6, 6.07) is 2.38. The van der Waals surface area contributed by atoms with Crippen molar-refractivity contribution in [3.8, 4) is 0 Å². The number of benzene rings is 1. The molecular weight excluding hydrogens is 328 g/mol. The molecule has 0 saturated carbocycles. The summed E-state index contributed by atoms with van der Waals surface area (Å²) in [6.45, 7) is -0.343. The lowest BCUT2D eigenvalue weighted by Crippen LogP contribution is -2.20. The molecule has 0 unspecified atom stereocenters. The predicted octanol–water partition coefficient (Wildman–Crippen LogP) is 3.56. The average molecular weight is 337 g/mol. The van der Waals surface area contributed by atoms with Crippen molar-refractivity contribution >= 4 is 11.6 Å². The molecule has 0 radical (unpaired) electrons. The molecule has 2 aromatic rings. The number of amides is 1. The standard InChI is InChI=1S/C13H9F6N3O/c14-12(15,16)8-4-9(13(17,18)19)6-10(5-8)21-11(23)7-22-3-1-2-20-22/h1-6H,7H2,(H,21,23). The van der Waals surface area contributed by atoms with E-state index in [1.54, 1.807) is 0 Å². The molecule has 124 valence electrons. The summed E-state index contributed by atoms with van der Waals surface area (Å²) in [5, 5.41) is 5.71. The van der Waals surface area contributed by atoms with E-state index < -0.39 is 35.1 Å². The predicted molar refractivity (Wildman–Crippen MR) is 67.3 cm³/mol. The van der Waals surface area contributed by atoms with Crippen LogP contribution in [0.2, 0.25) is 0 Å². The Morgan fingerprint density at radius 2 is 1.61 bits per heavy atom. The van der Waals surface area contributed by atoms with Gasteiger partial charge in [-0.15, -0.1) is 0 Å². The minimum absolute atomic E-state index is 0.0108. The second-order valence-electron chi connectivity index (χ2n) is 4.55. The van der Waals surface area contributed by atoms with E-state index in [4.69, 9.17) is 0 Å². The molecule has 1 aromatic heterocycles. The first kappa shape index (κ1) is 16.8. The molecule has 0 atom stereocenters. The minimum Gasteiger partial charge on any atom is -0.324 e. The lowest BCUT2D eigenvalue weighted by Gasteiger charge is -2.14. The van der Waals surface area contributed by atoms with Crippen LogP contribution >= 0.6 is 0 Å². The number of anilines is 1. The molecule has 0 aliphatic heterocycles. The zero-order valence-corrected chi connectivity index (χ0v) is 11.2. The molecule has 1 aromatic carbocycles. The minimum atomic E-state index is -4.97. The molecule has 10 heteroatoms. The fourth-order valence-electron chi connectivity index (χ4n) is 1.77. The first-order chi connectivity index (χ1) is 10.6. The zero-order chi connectivity index (χ0) is 17.3. The highest BCUT2D eigenvalue weighted by atomic mass is 19.4. The van der Waals surface area contributed by atoms with Crippen LogP contribution in [0, 0.1) is 0 Å². The number of carbonyl (C=O) groups excluding carboxylic acids is 1. The van der Waals surface area contributed by atoms with E-state index in [0.29, 0.717) is 12.1 Å². The molecule has 2 rings (SSSR count). The summed E-state index contributed by atoms with van der Waals surface area (Å²) < 4.78 is 77.3. The van der Waals surface area contributed by atoms with Crippen molar-refractivity contribution < 1.29 is 31.1 Å². The van der Waals surface area contributed by atoms with Gasteiger partial charge in [-0.2, -0.15) is 31.4 Å². The van der Waals surface area contributed by atoms with Gasteiger partial charge in [0, 0.05) is 18.1 Å². The van der Waals surface area contributed by atoms with E-state index in [0.717, 1.165) is 0 Å². The van der Waals surface area contributed by atoms with E-state index >= 15 is 0 Å². The van der Waals surface area contributed by atoms with Crippen molar-refractivity contribution in [3.05, 3.63) is 47.8 Å². The lowest BCUT2D eigenvalue weighted by atomic mass is 10.1. The molecule has 0 fully saturated rings. The second-order valence-corrected chi connectivity index (χ2v) is 4.55. The molecule has 0 saturated heterocycles. The fraction of sp³-hybridized carbons (Fsp3) is 0.231. The van der Waals surface area contributed by atoms with Crippen LogP contribution in [0.3, 0.4) is 0 Å². The number of halogens is 6. The topological polar surface area (TPSA) is 46.9 Å². The summed E-state index contributed by atoms with van der Waals surface area (Å²) >= 11 is 0. The Labute approximate surface area is 125 Å². The first-order valence-electron chi connectivity index (χ1n) is 6.12. The molecule has 1 amide bonds. The number of alkyl halides is 6. The van der Waals surface area contributed by atoms with Gasteiger partial charge in [0.1, 0.15) is 6.54 Å². The molecule has 1 heterocycles. The Morgan fingerprint density at radius 1 is 1.04 bits per heavy atom. The number of nitrogens with one attached hydrogen (secondary N) is 1. The Balaban J connectivity index is 2.28. The van der Waals surface area contributed by atoms with Gasteiger partial charge in [-0.05, 0) is 24.3 Å². The molecule has 0 spiro atoms. The highest BCUT2D eigenvalue weighted by Crippen LogP contribution is 2.37. The van der Waals surface area contributed by atoms with Crippen LogP contribution in [-0.2, 0) is 23.7 Å². The van der Waals surface area contributed by atoms with Crippen molar-refractivity contribution in [2.24, 2.45) is 0 Å². The number of hydrogen-bond donors (Lipinski definition) is 1. The van der Waals surface area contributed by atoms with Crippen molar-refractivity contribution in [1.82, 2.24) is 9.78 Å². The third kappa shape index (κ3) is 4.47. The molecule has 4 nitrogen and oxygen atoms in total. The van der Waals surface area contributed by atoms with Gasteiger partial charge in [0.05, 0.1) is 11.1 Å². The highest BCUT2D eigenvalue weighted by molar-refractivity contribution is 5.90. The van der Waals surface area contributed by atoms with Crippen molar-refractivity contribution in [3.63, 3.8) is 0 Å². The molecule has 1 N–H and O–H groups in total. The van der Waals surface area contributed by atoms with E-state index in [9.17, 15) is 31.1 Å². The third-order valence-corrected chi connectivity index (χ3v) is 2.74. The maximum atomic E-state index is 12.7. The fourth-order valence-corrected chi connectivity index (χ4v) is 1.77. The van der Waals surface area contributed by atoms with Gasteiger partial charge in [0.15, 0.2) is 0 Å². The zero-order valence-electron chi connectivity index (χ0n) is 11.2. The Kier molecular flexibility index (Phi) is 4.35. The van der Waals surface area contributed by atoms with Gasteiger partial charge >= 0.3 is 12.4 Å². The Bertz CT molecular complexity index is 658. The number of carbonyl (C=O) groups is 1. The largest absolute Gasteiger partial charge is 0.416 e. The van der Waals surface area contributed by atoms with Gasteiger partial charge < -0.3 is 5.32 Å². The van der Waals surface area contributed by atoms with Crippen molar-refractivity contribution in [2.45, 2.75) is 18.9 Å². The van der Waals surface area contributed by atoms with Crippen LogP contribution in [0.4, 0.5) is 32.0 Å². The summed E-state index contributed by atoms with van der Waals surface area (Å²) in [7, 11) is 0. The summed E-state index contributed by atoms with van der Waals surface area (Å²) in [5.41, 5.74) is -3.59. The number of aromatic nitrogens is 2. The number of nitrogens with zero attached hydrogens (tertiary/aromatic N) is 2. The van der Waals surface area contributed by atoms with Crippen LogP contribution in [0.15, 0.2) is 36.7 Å². The smallest absolute Gasteiger partial charge is 0.324 e. The molecule has 23 heavy (non-hydrogen) atoms. The quantitative estimate of drug-likeness (QED) is 0.871. The van der Waals surface area contributed by atoms with Gasteiger partial charge in [-0.3, -0.25) is 9.48 Å². The SMILES string of the molecule is O=C(Cn1cccn1)Nc1cc(C(F)(F)F)cc(C(F)(F)F)c1. The van der Waals surface area contributed by atoms with Gasteiger partial charge in [-0.25, -0.2) is 0 Å². The maximum absolute atomic E-state index is 12.7. The van der Waals surface area contributed by atoms with Gasteiger partial charge in [0.25, 0.3) is 0 Å². The summed E-state index contributed by atoms with van der Waals surface area (Å²) in [5.74, 6) is -0.804. The first-order valence-corrected chi connectivity index (χ1v) is 6.12.